The van der Waals surface area contributed by atoms with E-state index in [1.54, 1.807) is 18.2 Å². The number of hydrogen-bond donors (Lipinski definition) is 1. The van der Waals surface area contributed by atoms with Crippen LogP contribution in [-0.2, 0) is 27.8 Å². The molecule has 3 aromatic rings. The number of aryl methyl sites for hydroxylation is 2. The zero-order valence-corrected chi connectivity index (χ0v) is 21.8. The van der Waals surface area contributed by atoms with E-state index in [9.17, 15) is 13.2 Å². The Kier molecular flexibility index (Phi) is 7.47. The van der Waals surface area contributed by atoms with Gasteiger partial charge in [0.15, 0.2) is 0 Å². The van der Waals surface area contributed by atoms with Gasteiger partial charge in [0.05, 0.1) is 15.9 Å². The van der Waals surface area contributed by atoms with Crippen molar-refractivity contribution < 1.29 is 13.2 Å². The molecule has 0 atom stereocenters. The fourth-order valence-corrected chi connectivity index (χ4v) is 5.47. The molecule has 4 rings (SSSR count). The summed E-state index contributed by atoms with van der Waals surface area (Å²) in [5, 5.41) is 2.98. The van der Waals surface area contributed by atoms with Gasteiger partial charge in [0.1, 0.15) is 5.82 Å². The van der Waals surface area contributed by atoms with E-state index in [1.807, 2.05) is 23.6 Å². The number of sulfonamides is 1. The maximum Gasteiger partial charge on any atom is 0.242 e. The van der Waals surface area contributed by atoms with E-state index in [2.05, 4.69) is 34.3 Å². The number of benzene rings is 2. The average Bonchev–Trinajstić information content (AvgIpc) is 3.20. The Balaban J connectivity index is 1.41. The molecule has 2 aromatic carbocycles. The van der Waals surface area contributed by atoms with Crippen molar-refractivity contribution in [1.29, 1.82) is 0 Å². The molecule has 0 radical (unpaired) electrons. The van der Waals surface area contributed by atoms with Gasteiger partial charge in [-0.2, -0.15) is 0 Å². The molecule has 1 N–H and O–H groups in total. The monoisotopic (exact) mass is 497 g/mol. The first-order valence-corrected chi connectivity index (χ1v) is 13.7. The first-order chi connectivity index (χ1) is 16.7. The van der Waals surface area contributed by atoms with Crippen LogP contribution >= 0.6 is 0 Å². The number of rotatable bonds is 8. The number of imidazole rings is 1. The van der Waals surface area contributed by atoms with Gasteiger partial charge in [-0.3, -0.25) is 4.79 Å². The number of carbonyl (C=O) groups excluding carboxylic acids is 1. The predicted octanol–water partition coefficient (Wildman–Crippen LogP) is 4.11. The van der Waals surface area contributed by atoms with E-state index < -0.39 is 10.0 Å². The minimum absolute atomic E-state index is 0.0740. The lowest BCUT2D eigenvalue weighted by atomic mass is 9.99. The molecule has 1 saturated heterocycles. The molecule has 1 aliphatic heterocycles. The molecule has 0 bridgehead atoms. The lowest BCUT2D eigenvalue weighted by molar-refractivity contribution is -0.116. The number of hydrogen-bond acceptors (Lipinski definition) is 5. The molecule has 0 spiro atoms. The van der Waals surface area contributed by atoms with Gasteiger partial charge >= 0.3 is 0 Å². The smallest absolute Gasteiger partial charge is 0.242 e. The normalized spacial score (nSPS) is 15.2. The summed E-state index contributed by atoms with van der Waals surface area (Å²) < 4.78 is 28.2. The highest BCUT2D eigenvalue weighted by Gasteiger charge is 2.20. The number of anilines is 2. The van der Waals surface area contributed by atoms with E-state index >= 15 is 0 Å². The fraction of sp³-hybridized carbons (Fsp3) is 0.462. The van der Waals surface area contributed by atoms with Gasteiger partial charge in [-0.25, -0.2) is 17.7 Å². The van der Waals surface area contributed by atoms with Crippen LogP contribution in [0.5, 0.6) is 0 Å². The van der Waals surface area contributed by atoms with E-state index in [4.69, 9.17) is 0 Å². The van der Waals surface area contributed by atoms with Crippen LogP contribution in [0, 0.1) is 5.92 Å². The molecule has 9 heteroatoms. The van der Waals surface area contributed by atoms with Gasteiger partial charge < -0.3 is 14.8 Å². The zero-order valence-electron chi connectivity index (χ0n) is 21.0. The van der Waals surface area contributed by atoms with Gasteiger partial charge in [0.25, 0.3) is 0 Å². The quantitative estimate of drug-likeness (QED) is 0.506. The molecular weight excluding hydrogens is 462 g/mol. The van der Waals surface area contributed by atoms with Crippen molar-refractivity contribution >= 4 is 38.3 Å². The van der Waals surface area contributed by atoms with Crippen LogP contribution in [0.3, 0.4) is 0 Å². The Bertz CT molecular complexity index is 1290. The number of carbonyl (C=O) groups is 1. The van der Waals surface area contributed by atoms with Crippen molar-refractivity contribution in [2.45, 2.75) is 51.0 Å². The standard InChI is InChI=1S/C26H35N5O3S/c1-5-31-24-11-10-22(35(33,34)29(3)4)18-23(24)28-25(31)12-13-26(32)27-20-6-8-21(9-7-20)30-16-14-19(2)15-17-30/h6-11,18-19H,5,12-17H2,1-4H3,(H,27,32). The van der Waals surface area contributed by atoms with Crippen LogP contribution in [-0.4, -0.2) is 55.4 Å². The fourth-order valence-electron chi connectivity index (χ4n) is 4.55. The zero-order chi connectivity index (χ0) is 25.2. The number of fused-ring (bicyclic) bond motifs is 1. The van der Waals surface area contributed by atoms with Crippen molar-refractivity contribution in [1.82, 2.24) is 13.9 Å². The Hall–Kier alpha value is -2.91. The summed E-state index contributed by atoms with van der Waals surface area (Å²) in [4.78, 5) is 19.9. The minimum atomic E-state index is -3.54. The molecular formula is C26H35N5O3S. The highest BCUT2D eigenvalue weighted by atomic mass is 32.2. The number of nitrogens with one attached hydrogen (secondary N) is 1. The van der Waals surface area contributed by atoms with E-state index in [1.165, 1.54) is 36.9 Å². The van der Waals surface area contributed by atoms with E-state index in [0.29, 0.717) is 18.5 Å². The molecule has 188 valence electrons. The third-order valence-electron chi connectivity index (χ3n) is 6.77. The molecule has 2 heterocycles. The van der Waals surface area contributed by atoms with Crippen LogP contribution in [0.4, 0.5) is 11.4 Å². The third-order valence-corrected chi connectivity index (χ3v) is 8.58. The Morgan fingerprint density at radius 1 is 1.11 bits per heavy atom. The van der Waals surface area contributed by atoms with Crippen molar-refractivity contribution in [2.75, 3.05) is 37.4 Å². The van der Waals surface area contributed by atoms with Gasteiger partial charge in [-0.15, -0.1) is 0 Å². The molecule has 1 aliphatic rings. The maximum atomic E-state index is 12.6. The van der Waals surface area contributed by atoms with Crippen molar-refractivity contribution in [3.05, 3.63) is 48.3 Å². The summed E-state index contributed by atoms with van der Waals surface area (Å²) in [5.74, 6) is 1.49. The Morgan fingerprint density at radius 2 is 1.80 bits per heavy atom. The summed E-state index contributed by atoms with van der Waals surface area (Å²) in [6.07, 6.45) is 3.19. The molecule has 0 aliphatic carbocycles. The van der Waals surface area contributed by atoms with Gasteiger partial charge in [-0.05, 0) is 68.1 Å². The maximum absolute atomic E-state index is 12.6. The van der Waals surface area contributed by atoms with Gasteiger partial charge in [0.2, 0.25) is 15.9 Å². The van der Waals surface area contributed by atoms with Crippen LogP contribution in [0.1, 0.15) is 38.9 Å². The van der Waals surface area contributed by atoms with Gasteiger partial charge in [0, 0.05) is 57.9 Å². The molecule has 8 nitrogen and oxygen atoms in total. The number of amides is 1. The average molecular weight is 498 g/mol. The first kappa shape index (κ1) is 25.2. The molecule has 0 unspecified atom stereocenters. The largest absolute Gasteiger partial charge is 0.372 e. The minimum Gasteiger partial charge on any atom is -0.372 e. The molecule has 1 aromatic heterocycles. The first-order valence-electron chi connectivity index (χ1n) is 12.3. The van der Waals surface area contributed by atoms with Crippen LogP contribution < -0.4 is 10.2 Å². The predicted molar refractivity (Wildman–Crippen MR) is 140 cm³/mol. The Morgan fingerprint density at radius 3 is 2.43 bits per heavy atom. The van der Waals surface area contributed by atoms with Crippen molar-refractivity contribution in [2.24, 2.45) is 5.92 Å². The summed E-state index contributed by atoms with van der Waals surface area (Å²) in [7, 11) is -0.515. The lowest BCUT2D eigenvalue weighted by Gasteiger charge is -2.32. The highest BCUT2D eigenvalue weighted by molar-refractivity contribution is 7.89. The lowest BCUT2D eigenvalue weighted by Crippen LogP contribution is -2.32. The summed E-state index contributed by atoms with van der Waals surface area (Å²) in [6, 6.07) is 13.1. The summed E-state index contributed by atoms with van der Waals surface area (Å²) >= 11 is 0. The molecule has 0 saturated carbocycles. The van der Waals surface area contributed by atoms with E-state index in [-0.39, 0.29) is 17.2 Å². The SMILES string of the molecule is CCn1c(CCC(=O)Nc2ccc(N3CCC(C)CC3)cc2)nc2cc(S(=O)(=O)N(C)C)ccc21. The van der Waals surface area contributed by atoms with Gasteiger partial charge in [-0.1, -0.05) is 6.92 Å². The second-order valence-corrected chi connectivity index (χ2v) is 11.6. The Labute approximate surface area is 208 Å². The van der Waals surface area contributed by atoms with Crippen LogP contribution in [0.25, 0.3) is 11.0 Å². The number of aromatic nitrogens is 2. The van der Waals surface area contributed by atoms with Crippen molar-refractivity contribution in [3.63, 3.8) is 0 Å². The third kappa shape index (κ3) is 5.51. The van der Waals surface area contributed by atoms with Crippen LogP contribution in [0.15, 0.2) is 47.4 Å². The van der Waals surface area contributed by atoms with E-state index in [0.717, 1.165) is 36.0 Å². The second-order valence-electron chi connectivity index (χ2n) is 9.47. The number of nitrogens with zero attached hydrogens (tertiary/aromatic N) is 4. The molecule has 1 fully saturated rings. The topological polar surface area (TPSA) is 87.5 Å². The molecule has 1 amide bonds. The second kappa shape index (κ2) is 10.4. The molecule has 35 heavy (non-hydrogen) atoms. The highest BCUT2D eigenvalue weighted by Crippen LogP contribution is 2.25. The summed E-state index contributed by atoms with van der Waals surface area (Å²) in [5.41, 5.74) is 3.46. The summed E-state index contributed by atoms with van der Waals surface area (Å²) in [6.45, 7) is 7.16. The van der Waals surface area contributed by atoms with Crippen molar-refractivity contribution in [3.8, 4) is 0 Å². The van der Waals surface area contributed by atoms with Crippen LogP contribution in [0.2, 0.25) is 0 Å². The number of piperidine rings is 1.